The van der Waals surface area contributed by atoms with Crippen molar-refractivity contribution in [2.24, 2.45) is 0 Å². The van der Waals surface area contributed by atoms with Gasteiger partial charge in [-0.15, -0.1) is 0 Å². The first kappa shape index (κ1) is 9.07. The minimum absolute atomic E-state index is 0.336. The maximum Gasteiger partial charge on any atom is 0.308 e. The molecule has 1 aromatic carbocycles. The summed E-state index contributed by atoms with van der Waals surface area (Å²) in [7, 11) is 0. The van der Waals surface area contributed by atoms with Crippen molar-refractivity contribution in [3.8, 4) is 5.75 Å². The van der Waals surface area contributed by atoms with Gasteiger partial charge in [-0.2, -0.15) is 0 Å². The summed E-state index contributed by atoms with van der Waals surface area (Å²) in [5, 5.41) is 0.575. The van der Waals surface area contributed by atoms with Gasteiger partial charge in [0.2, 0.25) is 0 Å². The van der Waals surface area contributed by atoms with E-state index in [1.807, 2.05) is 6.92 Å². The normalized spacial score (nSPS) is 9.58. The second kappa shape index (κ2) is 3.59. The fourth-order valence-electron chi connectivity index (χ4n) is 0.928. The topological polar surface area (TPSA) is 26.3 Å². The molecule has 0 atom stereocenters. The summed E-state index contributed by atoms with van der Waals surface area (Å²) in [6, 6.07) is 5.16. The molecule has 12 heavy (non-hydrogen) atoms. The number of benzene rings is 1. The van der Waals surface area contributed by atoms with Crippen molar-refractivity contribution in [3.63, 3.8) is 0 Å². The smallest absolute Gasteiger partial charge is 0.308 e. The number of halogens is 1. The number of rotatable bonds is 1. The molecule has 1 rings (SSSR count). The summed E-state index contributed by atoms with van der Waals surface area (Å²) in [5.41, 5.74) is 0.971. The molecule has 0 saturated heterocycles. The van der Waals surface area contributed by atoms with Crippen molar-refractivity contribution < 1.29 is 9.53 Å². The van der Waals surface area contributed by atoms with Gasteiger partial charge >= 0.3 is 5.97 Å². The number of carbonyl (C=O) groups excluding carboxylic acids is 1. The first-order chi connectivity index (χ1) is 5.58. The molecule has 2 nitrogen and oxygen atoms in total. The zero-order chi connectivity index (χ0) is 9.14. The van der Waals surface area contributed by atoms with Crippen LogP contribution in [-0.2, 0) is 4.79 Å². The van der Waals surface area contributed by atoms with E-state index < -0.39 is 0 Å². The van der Waals surface area contributed by atoms with Crippen LogP contribution in [0.5, 0.6) is 5.75 Å². The predicted octanol–water partition coefficient (Wildman–Crippen LogP) is 2.57. The second-order valence-electron chi connectivity index (χ2n) is 2.56. The standard InChI is InChI=1S/C9H9ClO2/c1-6-3-8(10)5-9(4-6)12-7(2)11/h3-5H,1-2H3. The van der Waals surface area contributed by atoms with E-state index in [1.54, 1.807) is 18.2 Å². The number of hydrogen-bond acceptors (Lipinski definition) is 2. The van der Waals surface area contributed by atoms with E-state index in [0.717, 1.165) is 5.56 Å². The summed E-state index contributed by atoms with van der Waals surface area (Å²) in [4.78, 5) is 10.6. The maximum atomic E-state index is 10.6. The highest BCUT2D eigenvalue weighted by Crippen LogP contribution is 2.20. The van der Waals surface area contributed by atoms with E-state index in [1.165, 1.54) is 6.92 Å². The highest BCUT2D eigenvalue weighted by atomic mass is 35.5. The van der Waals surface area contributed by atoms with E-state index in [0.29, 0.717) is 10.8 Å². The van der Waals surface area contributed by atoms with Gasteiger partial charge in [0.15, 0.2) is 0 Å². The fraction of sp³-hybridized carbons (Fsp3) is 0.222. The Balaban J connectivity index is 2.93. The molecular formula is C9H9ClO2. The molecule has 0 spiro atoms. The molecular weight excluding hydrogens is 176 g/mol. The van der Waals surface area contributed by atoms with Crippen LogP contribution in [0.15, 0.2) is 18.2 Å². The van der Waals surface area contributed by atoms with Crippen molar-refractivity contribution in [1.82, 2.24) is 0 Å². The van der Waals surface area contributed by atoms with Crippen molar-refractivity contribution >= 4 is 17.6 Å². The summed E-state index contributed by atoms with van der Waals surface area (Å²) in [5.74, 6) is 0.157. The highest BCUT2D eigenvalue weighted by Gasteiger charge is 1.99. The van der Waals surface area contributed by atoms with Crippen LogP contribution in [0.3, 0.4) is 0 Å². The number of aryl methyl sites for hydroxylation is 1. The molecule has 0 aromatic heterocycles. The van der Waals surface area contributed by atoms with Crippen LogP contribution in [-0.4, -0.2) is 5.97 Å². The van der Waals surface area contributed by atoms with Crippen LogP contribution in [0.4, 0.5) is 0 Å². The summed E-state index contributed by atoms with van der Waals surface area (Å²) < 4.78 is 4.85. The first-order valence-electron chi connectivity index (χ1n) is 3.53. The molecule has 0 heterocycles. The molecule has 0 aliphatic rings. The summed E-state index contributed by atoms with van der Waals surface area (Å²) >= 11 is 5.74. The van der Waals surface area contributed by atoms with Gasteiger partial charge in [-0.05, 0) is 30.7 Å². The Morgan fingerprint density at radius 2 is 2.08 bits per heavy atom. The predicted molar refractivity (Wildman–Crippen MR) is 47.5 cm³/mol. The number of ether oxygens (including phenoxy) is 1. The summed E-state index contributed by atoms with van der Waals surface area (Å²) in [6.45, 7) is 3.25. The van der Waals surface area contributed by atoms with Crippen LogP contribution in [0, 0.1) is 6.92 Å². The quantitative estimate of drug-likeness (QED) is 0.495. The van der Waals surface area contributed by atoms with E-state index in [9.17, 15) is 4.79 Å². The molecule has 0 aliphatic carbocycles. The molecule has 0 aliphatic heterocycles. The summed E-state index contributed by atoms with van der Waals surface area (Å²) in [6.07, 6.45) is 0. The zero-order valence-electron chi connectivity index (χ0n) is 6.93. The van der Waals surface area contributed by atoms with Gasteiger partial charge in [0.25, 0.3) is 0 Å². The molecule has 0 bridgehead atoms. The fourth-order valence-corrected chi connectivity index (χ4v) is 1.21. The van der Waals surface area contributed by atoms with Crippen LogP contribution in [0.25, 0.3) is 0 Å². The van der Waals surface area contributed by atoms with E-state index >= 15 is 0 Å². The van der Waals surface area contributed by atoms with Crippen molar-refractivity contribution in [3.05, 3.63) is 28.8 Å². The van der Waals surface area contributed by atoms with Gasteiger partial charge in [-0.1, -0.05) is 11.6 Å². The Labute approximate surface area is 76.1 Å². The lowest BCUT2D eigenvalue weighted by atomic mass is 10.2. The van der Waals surface area contributed by atoms with Gasteiger partial charge in [-0.3, -0.25) is 4.79 Å². The number of esters is 1. The number of hydrogen-bond donors (Lipinski definition) is 0. The van der Waals surface area contributed by atoms with Crippen LogP contribution >= 0.6 is 11.6 Å². The second-order valence-corrected chi connectivity index (χ2v) is 2.99. The molecule has 0 saturated carbocycles. The molecule has 3 heteroatoms. The lowest BCUT2D eigenvalue weighted by Gasteiger charge is -2.02. The molecule has 0 unspecified atom stereocenters. The third-order valence-corrected chi connectivity index (χ3v) is 1.50. The van der Waals surface area contributed by atoms with Gasteiger partial charge in [0.05, 0.1) is 0 Å². The van der Waals surface area contributed by atoms with Crippen LogP contribution in [0.2, 0.25) is 5.02 Å². The van der Waals surface area contributed by atoms with Gasteiger partial charge in [0, 0.05) is 11.9 Å². The minimum Gasteiger partial charge on any atom is -0.427 e. The third-order valence-electron chi connectivity index (χ3n) is 1.28. The largest absolute Gasteiger partial charge is 0.427 e. The zero-order valence-corrected chi connectivity index (χ0v) is 7.68. The van der Waals surface area contributed by atoms with Crippen molar-refractivity contribution in [2.45, 2.75) is 13.8 Å². The van der Waals surface area contributed by atoms with Gasteiger partial charge in [0.1, 0.15) is 5.75 Å². The maximum absolute atomic E-state index is 10.6. The Hall–Kier alpha value is -1.02. The average Bonchev–Trinajstić information content (AvgIpc) is 1.81. The Morgan fingerprint density at radius 3 is 2.58 bits per heavy atom. The monoisotopic (exact) mass is 184 g/mol. The molecule has 64 valence electrons. The lowest BCUT2D eigenvalue weighted by molar-refractivity contribution is -0.131. The Bertz CT molecular complexity index is 287. The Kier molecular flexibility index (Phi) is 2.71. The van der Waals surface area contributed by atoms with Gasteiger partial charge < -0.3 is 4.74 Å². The van der Waals surface area contributed by atoms with Crippen LogP contribution in [0.1, 0.15) is 12.5 Å². The average molecular weight is 185 g/mol. The molecule has 0 N–H and O–H groups in total. The first-order valence-corrected chi connectivity index (χ1v) is 3.91. The van der Waals surface area contributed by atoms with E-state index in [-0.39, 0.29) is 5.97 Å². The third kappa shape index (κ3) is 2.55. The molecule has 0 fully saturated rings. The van der Waals surface area contributed by atoms with Crippen LogP contribution < -0.4 is 4.74 Å². The van der Waals surface area contributed by atoms with E-state index in [4.69, 9.17) is 16.3 Å². The number of carbonyl (C=O) groups is 1. The van der Waals surface area contributed by atoms with E-state index in [2.05, 4.69) is 0 Å². The van der Waals surface area contributed by atoms with Crippen molar-refractivity contribution in [2.75, 3.05) is 0 Å². The SMILES string of the molecule is CC(=O)Oc1cc(C)cc(Cl)c1. The van der Waals surface area contributed by atoms with Crippen molar-refractivity contribution in [1.29, 1.82) is 0 Å². The van der Waals surface area contributed by atoms with Gasteiger partial charge in [-0.25, -0.2) is 0 Å². The Morgan fingerprint density at radius 1 is 1.42 bits per heavy atom. The molecule has 1 aromatic rings. The minimum atomic E-state index is -0.336. The lowest BCUT2D eigenvalue weighted by Crippen LogP contribution is -2.01. The molecule has 0 amide bonds. The molecule has 0 radical (unpaired) electrons. The highest BCUT2D eigenvalue weighted by molar-refractivity contribution is 6.30.